The third-order valence-electron chi connectivity index (χ3n) is 18.1. The quantitative estimate of drug-likeness (QED) is 0.0379. The van der Waals surface area contributed by atoms with Crippen LogP contribution in [0.1, 0.15) is 95.6 Å². The van der Waals surface area contributed by atoms with E-state index in [4.69, 9.17) is 6.57 Å². The summed E-state index contributed by atoms with van der Waals surface area (Å²) in [6.07, 6.45) is 3.48. The van der Waals surface area contributed by atoms with Gasteiger partial charge in [0, 0.05) is 44.6 Å². The summed E-state index contributed by atoms with van der Waals surface area (Å²) >= 11 is 0. The molecule has 0 saturated carbocycles. The van der Waals surface area contributed by atoms with Crippen LogP contribution in [0.3, 0.4) is 0 Å². The molecule has 0 aliphatic heterocycles. The molecule has 0 heterocycles. The summed E-state index contributed by atoms with van der Waals surface area (Å²) in [6, 6.07) is 83.2. The van der Waals surface area contributed by atoms with Crippen molar-refractivity contribution in [2.75, 3.05) is 9.80 Å². The summed E-state index contributed by atoms with van der Waals surface area (Å²) in [4.78, 5) is 34.7. The third-order valence-corrected chi connectivity index (χ3v) is 18.1. The van der Waals surface area contributed by atoms with Gasteiger partial charge in [0.1, 0.15) is 0 Å². The number of hydrogen-bond acceptors (Lipinski definition) is 5. The van der Waals surface area contributed by atoms with Crippen LogP contribution in [0.4, 0.5) is 34.1 Å². The fourth-order valence-corrected chi connectivity index (χ4v) is 13.4. The largest absolute Gasteiger partial charge is 0.310 e. The number of nitrogens with zero attached hydrogens (tertiary/aromatic N) is 4. The molecule has 1 aliphatic rings. The lowest BCUT2D eigenvalue weighted by molar-refractivity contribution is 0.0990. The summed E-state index contributed by atoms with van der Waals surface area (Å²) in [5.41, 5.74) is 14.8. The number of benzene rings is 14. The molecule has 6 heteroatoms. The molecule has 0 fully saturated rings. The second-order valence-electron chi connectivity index (χ2n) is 25.9. The normalized spacial score (nSPS) is 12.7. The molecule has 0 saturated heterocycles. The van der Waals surface area contributed by atoms with Crippen molar-refractivity contribution >= 4 is 133 Å². The van der Waals surface area contributed by atoms with E-state index in [2.05, 4.69) is 264 Å². The van der Waals surface area contributed by atoms with Crippen molar-refractivity contribution in [1.29, 1.82) is 5.26 Å². The maximum Gasteiger partial charge on any atom is 0.262 e. The molecular formula is C84H64N4O2. The minimum absolute atomic E-state index is 0.0498. The second-order valence-corrected chi connectivity index (χ2v) is 25.9. The Labute approximate surface area is 525 Å². The lowest BCUT2D eigenvalue weighted by Gasteiger charge is -2.29. The Kier molecular flexibility index (Phi) is 13.8. The number of hydrogen-bond donors (Lipinski definition) is 0. The van der Waals surface area contributed by atoms with E-state index in [9.17, 15) is 14.9 Å². The van der Waals surface area contributed by atoms with Gasteiger partial charge in [0.25, 0.3) is 5.70 Å². The van der Waals surface area contributed by atoms with Crippen LogP contribution in [0.15, 0.2) is 242 Å². The zero-order valence-corrected chi connectivity index (χ0v) is 51.7. The van der Waals surface area contributed by atoms with Gasteiger partial charge >= 0.3 is 0 Å². The van der Waals surface area contributed by atoms with Crippen LogP contribution in [0, 0.1) is 31.8 Å². The SMILES string of the molecule is CC(C)(C)c1ccc(N(c2ccc(C(C)(C)C)cc2)c2ccc3ccc4c(C=C5C(=O)c6ccccc6C5=O)ccc5ccc2c3c54)cc1.[C-]#[N+]/C(C#N)=C\c1ccc2c3ccc(N(c4ccc(C)cc4)c4ccc(C)cc4)c4cccc(c5cccc1c52)c43. The van der Waals surface area contributed by atoms with Crippen LogP contribution in [0.25, 0.3) is 92.4 Å². The van der Waals surface area contributed by atoms with Gasteiger partial charge in [-0.3, -0.25) is 9.59 Å². The predicted molar refractivity (Wildman–Crippen MR) is 377 cm³/mol. The monoisotopic (exact) mass is 1160 g/mol. The number of aryl methyl sites for hydroxylation is 2. The number of anilines is 6. The van der Waals surface area contributed by atoms with E-state index >= 15 is 0 Å². The van der Waals surface area contributed by atoms with Crippen LogP contribution >= 0.6 is 0 Å². The Hall–Kier alpha value is -11.2. The number of nitriles is 1. The van der Waals surface area contributed by atoms with E-state index in [0.29, 0.717) is 11.1 Å². The highest BCUT2D eigenvalue weighted by Gasteiger charge is 2.33. The van der Waals surface area contributed by atoms with Gasteiger partial charge in [-0.1, -0.05) is 223 Å². The van der Waals surface area contributed by atoms with Gasteiger partial charge in [-0.25, -0.2) is 10.1 Å². The highest BCUT2D eigenvalue weighted by Crippen LogP contribution is 2.49. The van der Waals surface area contributed by atoms with Gasteiger partial charge in [-0.15, -0.1) is 0 Å². The summed E-state index contributed by atoms with van der Waals surface area (Å²) in [5.74, 6) is -0.418. The summed E-state index contributed by atoms with van der Waals surface area (Å²) < 4.78 is 0. The third kappa shape index (κ3) is 9.66. The average molecular weight is 1160 g/mol. The number of fused-ring (bicyclic) bond motifs is 3. The molecule has 0 radical (unpaired) electrons. The van der Waals surface area contributed by atoms with Crippen LogP contribution < -0.4 is 9.80 Å². The molecule has 0 bridgehead atoms. The van der Waals surface area contributed by atoms with E-state index in [1.807, 2.05) is 30.3 Å². The Bertz CT molecular complexity index is 5200. The highest BCUT2D eigenvalue weighted by atomic mass is 16.2. The Morgan fingerprint density at radius 3 is 1.28 bits per heavy atom. The van der Waals surface area contributed by atoms with Crippen molar-refractivity contribution in [1.82, 2.24) is 0 Å². The first-order valence-corrected chi connectivity index (χ1v) is 30.6. The minimum atomic E-state index is -0.209. The molecule has 0 spiro atoms. The number of rotatable bonds is 8. The second kappa shape index (κ2) is 21.9. The van der Waals surface area contributed by atoms with Crippen molar-refractivity contribution in [2.24, 2.45) is 0 Å². The Morgan fingerprint density at radius 2 is 0.778 bits per heavy atom. The summed E-state index contributed by atoms with van der Waals surface area (Å²) in [6.45, 7) is 25.0. The standard InChI is InChI=1S/C46H39NO2.C38H25N3/c1-45(2,3)31-16-20-33(21-17-31)47(34-22-18-32(19-23-34)46(4,5)6)40-26-15-29-13-24-35-30(12-11-28-14-25-38(40)42(29)41(28)35)27-39-43(48)36-9-7-8-10-37(36)44(39)49;1-24-10-15-28(16-11-24)41(29-17-12-25(2)13-18-29)36-21-20-34-33-19-14-26(22-27(23-39)40-3)30-6-4-7-31(37(30)33)32-8-5-9-35(36)38(32)34/h7-27H,1-6H3;4-22H,1-2H3/b;27-22-. The zero-order chi connectivity index (χ0) is 62.3. The zero-order valence-electron chi connectivity index (χ0n) is 51.7. The summed E-state index contributed by atoms with van der Waals surface area (Å²) in [5, 5.41) is 25.5. The fraction of sp³-hybridized carbons (Fsp3) is 0.119. The Morgan fingerprint density at radius 1 is 0.411 bits per heavy atom. The van der Waals surface area contributed by atoms with Crippen LogP contribution in [0.2, 0.25) is 0 Å². The van der Waals surface area contributed by atoms with E-state index in [0.717, 1.165) is 83.0 Å². The molecule has 0 atom stereocenters. The van der Waals surface area contributed by atoms with Crippen molar-refractivity contribution in [3.05, 3.63) is 298 Å². The molecule has 0 amide bonds. The number of carbonyl (C=O) groups is 2. The molecule has 0 unspecified atom stereocenters. The molecule has 14 aromatic rings. The van der Waals surface area contributed by atoms with Crippen LogP contribution in [0.5, 0.6) is 0 Å². The van der Waals surface area contributed by atoms with Gasteiger partial charge in [0.05, 0.1) is 29.6 Å². The maximum atomic E-state index is 13.3. The predicted octanol–water partition coefficient (Wildman–Crippen LogP) is 22.7. The molecule has 6 nitrogen and oxygen atoms in total. The van der Waals surface area contributed by atoms with E-state index in [1.54, 1.807) is 24.3 Å². The highest BCUT2D eigenvalue weighted by molar-refractivity contribution is 6.42. The topological polar surface area (TPSA) is 68.8 Å². The van der Waals surface area contributed by atoms with Gasteiger partial charge in [-0.05, 0) is 184 Å². The van der Waals surface area contributed by atoms with Gasteiger partial charge in [0.2, 0.25) is 0 Å². The van der Waals surface area contributed by atoms with Gasteiger partial charge < -0.3 is 9.80 Å². The Balaban J connectivity index is 0.000000160. The minimum Gasteiger partial charge on any atom is -0.310 e. The number of carbonyl (C=O) groups excluding carboxylic acids is 2. The number of Topliss-reactive ketones (excluding diaryl/α,β-unsaturated/α-hetero) is 2. The smallest absolute Gasteiger partial charge is 0.262 e. The maximum absolute atomic E-state index is 13.3. The molecule has 0 N–H and O–H groups in total. The van der Waals surface area contributed by atoms with E-state index in [1.165, 1.54) is 60.0 Å². The van der Waals surface area contributed by atoms with Crippen molar-refractivity contribution in [3.8, 4) is 6.07 Å². The van der Waals surface area contributed by atoms with Crippen molar-refractivity contribution < 1.29 is 9.59 Å². The first-order valence-electron chi connectivity index (χ1n) is 30.6. The lowest BCUT2D eigenvalue weighted by Crippen LogP contribution is -2.14. The summed E-state index contributed by atoms with van der Waals surface area (Å²) in [7, 11) is 0. The molecule has 14 aromatic carbocycles. The van der Waals surface area contributed by atoms with Crippen LogP contribution in [-0.2, 0) is 10.8 Å². The van der Waals surface area contributed by atoms with E-state index < -0.39 is 0 Å². The number of ketones is 2. The first kappa shape index (κ1) is 56.6. The van der Waals surface area contributed by atoms with E-state index in [-0.39, 0.29) is 33.7 Å². The molecule has 90 heavy (non-hydrogen) atoms. The molecule has 1 aliphatic carbocycles. The van der Waals surface area contributed by atoms with Gasteiger partial charge in [-0.2, -0.15) is 0 Å². The molecule has 432 valence electrons. The van der Waals surface area contributed by atoms with Crippen molar-refractivity contribution in [2.45, 2.75) is 66.2 Å². The lowest BCUT2D eigenvalue weighted by atomic mass is 9.86. The van der Waals surface area contributed by atoms with Crippen molar-refractivity contribution in [3.63, 3.8) is 0 Å². The van der Waals surface area contributed by atoms with Gasteiger partial charge in [0.15, 0.2) is 11.6 Å². The first-order chi connectivity index (χ1) is 43.5. The molecule has 0 aromatic heterocycles. The average Bonchev–Trinajstić information content (AvgIpc) is 0.883. The van der Waals surface area contributed by atoms with Crippen LogP contribution in [-0.4, -0.2) is 11.6 Å². The molecule has 15 rings (SSSR count). The molecular weight excluding hydrogens is 1100 g/mol. The fourth-order valence-electron chi connectivity index (χ4n) is 13.4. The number of allylic oxidation sites excluding steroid dienone is 2.